The van der Waals surface area contributed by atoms with E-state index in [-0.39, 0.29) is 5.82 Å². The molecule has 0 radical (unpaired) electrons. The number of benzene rings is 1. The van der Waals surface area contributed by atoms with Crippen LogP contribution < -0.4 is 10.1 Å². The van der Waals surface area contributed by atoms with E-state index < -0.39 is 0 Å². The number of ether oxygens (including phenoxy) is 1. The molecule has 0 bridgehead atoms. The number of halogens is 2. The van der Waals surface area contributed by atoms with Gasteiger partial charge >= 0.3 is 0 Å². The van der Waals surface area contributed by atoms with E-state index in [0.717, 1.165) is 14.9 Å². The van der Waals surface area contributed by atoms with Crippen LogP contribution in [-0.4, -0.2) is 6.04 Å². The Morgan fingerprint density at radius 3 is 2.85 bits per heavy atom. The van der Waals surface area contributed by atoms with Crippen molar-refractivity contribution in [3.8, 4) is 5.75 Å². The fourth-order valence-electron chi connectivity index (χ4n) is 1.74. The Bertz CT molecular complexity index is 571. The lowest BCUT2D eigenvalue weighted by atomic mass is 10.2. The third kappa shape index (κ3) is 4.30. The minimum absolute atomic E-state index is 0.316. The summed E-state index contributed by atoms with van der Waals surface area (Å²) < 4.78 is 20.6. The van der Waals surface area contributed by atoms with Crippen LogP contribution in [0.15, 0.2) is 34.1 Å². The summed E-state index contributed by atoms with van der Waals surface area (Å²) in [4.78, 5) is 1.06. The molecule has 1 heterocycles. The Labute approximate surface area is 131 Å². The largest absolute Gasteiger partial charge is 0.485 e. The minimum Gasteiger partial charge on any atom is -0.485 e. The Balaban J connectivity index is 2.08. The molecule has 0 saturated heterocycles. The molecule has 2 rings (SSSR count). The van der Waals surface area contributed by atoms with Crippen molar-refractivity contribution in [3.63, 3.8) is 0 Å². The molecule has 1 aromatic heterocycles. The zero-order chi connectivity index (χ0) is 14.5. The third-order valence-electron chi connectivity index (χ3n) is 2.73. The smallest absolute Gasteiger partial charge is 0.165 e. The maximum atomic E-state index is 13.9. The van der Waals surface area contributed by atoms with E-state index in [0.29, 0.717) is 24.9 Å². The van der Waals surface area contributed by atoms with Gasteiger partial charge in [0, 0.05) is 32.9 Å². The number of hydrogen-bond acceptors (Lipinski definition) is 3. The van der Waals surface area contributed by atoms with Gasteiger partial charge in [-0.05, 0) is 28.1 Å². The first-order chi connectivity index (χ1) is 9.56. The van der Waals surface area contributed by atoms with E-state index in [1.165, 1.54) is 6.07 Å². The molecule has 20 heavy (non-hydrogen) atoms. The normalized spacial score (nSPS) is 11.1. The quantitative estimate of drug-likeness (QED) is 0.806. The second kappa shape index (κ2) is 7.20. The zero-order valence-electron chi connectivity index (χ0n) is 11.5. The summed E-state index contributed by atoms with van der Waals surface area (Å²) in [6.45, 7) is 5.09. The summed E-state index contributed by atoms with van der Waals surface area (Å²) in [6, 6.07) is 7.36. The minimum atomic E-state index is -0.316. The molecule has 0 aliphatic heterocycles. The van der Waals surface area contributed by atoms with Crippen molar-refractivity contribution in [3.05, 3.63) is 50.4 Å². The monoisotopic (exact) mass is 357 g/mol. The van der Waals surface area contributed by atoms with Crippen LogP contribution in [0.25, 0.3) is 0 Å². The van der Waals surface area contributed by atoms with Gasteiger partial charge in [-0.25, -0.2) is 4.39 Å². The maximum absolute atomic E-state index is 13.9. The highest BCUT2D eigenvalue weighted by atomic mass is 79.9. The molecule has 0 unspecified atom stereocenters. The molecule has 0 aliphatic rings. The second-order valence-electron chi connectivity index (χ2n) is 4.78. The van der Waals surface area contributed by atoms with Crippen LogP contribution in [0.3, 0.4) is 0 Å². The average molecular weight is 358 g/mol. The molecule has 0 spiro atoms. The molecule has 0 amide bonds. The van der Waals surface area contributed by atoms with Crippen molar-refractivity contribution >= 4 is 27.3 Å². The molecular formula is C15H17BrFNOS. The summed E-state index contributed by atoms with van der Waals surface area (Å²) in [5, 5.41) is 5.27. The van der Waals surface area contributed by atoms with Gasteiger partial charge in [-0.1, -0.05) is 26.0 Å². The van der Waals surface area contributed by atoms with E-state index in [2.05, 4.69) is 35.1 Å². The Morgan fingerprint density at radius 2 is 2.20 bits per heavy atom. The van der Waals surface area contributed by atoms with Gasteiger partial charge in [-0.3, -0.25) is 0 Å². The molecule has 0 saturated carbocycles. The summed E-state index contributed by atoms with van der Waals surface area (Å²) >= 11 is 4.99. The third-order valence-corrected chi connectivity index (χ3v) is 4.40. The van der Waals surface area contributed by atoms with Gasteiger partial charge in [0.2, 0.25) is 0 Å². The van der Waals surface area contributed by atoms with Crippen molar-refractivity contribution in [1.29, 1.82) is 0 Å². The lowest BCUT2D eigenvalue weighted by Crippen LogP contribution is -2.22. The van der Waals surface area contributed by atoms with E-state index in [4.69, 9.17) is 4.74 Å². The molecule has 1 N–H and O–H groups in total. The molecule has 1 aromatic carbocycles. The fraction of sp³-hybridized carbons (Fsp3) is 0.333. The highest BCUT2D eigenvalue weighted by Gasteiger charge is 2.11. The van der Waals surface area contributed by atoms with Gasteiger partial charge in [-0.15, -0.1) is 11.3 Å². The summed E-state index contributed by atoms with van der Waals surface area (Å²) in [6.07, 6.45) is 0. The molecule has 0 aliphatic carbocycles. The van der Waals surface area contributed by atoms with Crippen LogP contribution >= 0.6 is 27.3 Å². The van der Waals surface area contributed by atoms with Crippen molar-refractivity contribution < 1.29 is 9.13 Å². The molecule has 2 nitrogen and oxygen atoms in total. The summed E-state index contributed by atoms with van der Waals surface area (Å²) in [5.74, 6) is 0.0221. The van der Waals surface area contributed by atoms with Crippen LogP contribution in [0.4, 0.5) is 4.39 Å². The van der Waals surface area contributed by atoms with Crippen LogP contribution in [0.5, 0.6) is 5.75 Å². The zero-order valence-corrected chi connectivity index (χ0v) is 13.9. The maximum Gasteiger partial charge on any atom is 0.165 e. The van der Waals surface area contributed by atoms with Crippen LogP contribution in [-0.2, 0) is 13.2 Å². The standard InChI is InChI=1S/C15H17BrFNOS/c1-10(2)18-7-11-4-3-5-14(17)15(11)19-8-13-6-12(16)9-20-13/h3-6,9-10,18H,7-8H2,1-2H3. The van der Waals surface area contributed by atoms with Crippen molar-refractivity contribution in [2.45, 2.75) is 33.0 Å². The van der Waals surface area contributed by atoms with E-state index in [9.17, 15) is 4.39 Å². The Morgan fingerprint density at radius 1 is 1.40 bits per heavy atom. The van der Waals surface area contributed by atoms with Crippen molar-refractivity contribution in [1.82, 2.24) is 5.32 Å². The Hall–Kier alpha value is -0.910. The van der Waals surface area contributed by atoms with Crippen LogP contribution in [0, 0.1) is 5.82 Å². The van der Waals surface area contributed by atoms with Crippen molar-refractivity contribution in [2.75, 3.05) is 0 Å². The first-order valence-electron chi connectivity index (χ1n) is 6.42. The lowest BCUT2D eigenvalue weighted by molar-refractivity contribution is 0.289. The lowest BCUT2D eigenvalue weighted by Gasteiger charge is -2.14. The average Bonchev–Trinajstić information content (AvgIpc) is 2.81. The molecule has 2 aromatic rings. The number of thiophene rings is 1. The molecule has 108 valence electrons. The molecule has 5 heteroatoms. The highest BCUT2D eigenvalue weighted by molar-refractivity contribution is 9.10. The predicted octanol–water partition coefficient (Wildman–Crippen LogP) is 4.73. The number of rotatable bonds is 6. The summed E-state index contributed by atoms with van der Waals surface area (Å²) in [5.41, 5.74) is 0.842. The number of hydrogen-bond donors (Lipinski definition) is 1. The number of para-hydroxylation sites is 1. The fourth-order valence-corrected chi connectivity index (χ4v) is 3.10. The first-order valence-corrected chi connectivity index (χ1v) is 8.10. The second-order valence-corrected chi connectivity index (χ2v) is 6.70. The molecular weight excluding hydrogens is 341 g/mol. The van der Waals surface area contributed by atoms with Gasteiger partial charge in [0.1, 0.15) is 6.61 Å². The van der Waals surface area contributed by atoms with Gasteiger partial charge in [0.05, 0.1) is 0 Å². The van der Waals surface area contributed by atoms with Gasteiger partial charge in [0.25, 0.3) is 0 Å². The van der Waals surface area contributed by atoms with Gasteiger partial charge < -0.3 is 10.1 Å². The van der Waals surface area contributed by atoms with Crippen molar-refractivity contribution in [2.24, 2.45) is 0 Å². The van der Waals surface area contributed by atoms with E-state index in [1.54, 1.807) is 17.4 Å². The van der Waals surface area contributed by atoms with Gasteiger partial charge in [-0.2, -0.15) is 0 Å². The van der Waals surface area contributed by atoms with Gasteiger partial charge in [0.15, 0.2) is 11.6 Å². The van der Waals surface area contributed by atoms with Crippen LogP contribution in [0.1, 0.15) is 24.3 Å². The molecule has 0 atom stereocenters. The SMILES string of the molecule is CC(C)NCc1cccc(F)c1OCc1cc(Br)cs1. The Kier molecular flexibility index (Phi) is 5.57. The van der Waals surface area contributed by atoms with E-state index >= 15 is 0 Å². The summed E-state index contributed by atoms with van der Waals surface area (Å²) in [7, 11) is 0. The topological polar surface area (TPSA) is 21.3 Å². The van der Waals surface area contributed by atoms with Crippen LogP contribution in [0.2, 0.25) is 0 Å². The number of nitrogens with one attached hydrogen (secondary N) is 1. The highest BCUT2D eigenvalue weighted by Crippen LogP contribution is 2.26. The molecule has 0 fully saturated rings. The predicted molar refractivity (Wildman–Crippen MR) is 84.7 cm³/mol. The van der Waals surface area contributed by atoms with E-state index in [1.807, 2.05) is 17.5 Å². The first kappa shape index (κ1) is 15.5.